The summed E-state index contributed by atoms with van der Waals surface area (Å²) in [6.45, 7) is 2.77. The van der Waals surface area contributed by atoms with Gasteiger partial charge in [-0.3, -0.25) is 9.20 Å². The van der Waals surface area contributed by atoms with Crippen LogP contribution in [0.1, 0.15) is 48.8 Å². The molecule has 0 unspecified atom stereocenters. The van der Waals surface area contributed by atoms with E-state index in [9.17, 15) is 22.0 Å². The molecule has 0 aliphatic carbocycles. The number of ether oxygens (including phenoxy) is 1. The Hall–Kier alpha value is -3.25. The van der Waals surface area contributed by atoms with Crippen molar-refractivity contribution in [2.45, 2.75) is 38.4 Å². The molecule has 1 aliphatic rings. The maximum absolute atomic E-state index is 14.1. The molecule has 3 heterocycles. The van der Waals surface area contributed by atoms with Crippen molar-refractivity contribution in [1.82, 2.24) is 18.4 Å². The fraction of sp³-hybridized carbons (Fsp3) is 0.417. The van der Waals surface area contributed by atoms with Crippen LogP contribution in [-0.4, -0.2) is 60.9 Å². The molecule has 36 heavy (non-hydrogen) atoms. The number of imidazole rings is 1. The van der Waals surface area contributed by atoms with Crippen molar-refractivity contribution in [3.8, 4) is 5.75 Å². The van der Waals surface area contributed by atoms with E-state index in [1.165, 1.54) is 43.6 Å². The Labute approximate surface area is 208 Å². The summed E-state index contributed by atoms with van der Waals surface area (Å²) in [7, 11) is -1.54. The van der Waals surface area contributed by atoms with Crippen molar-refractivity contribution in [2.24, 2.45) is 0 Å². The van der Waals surface area contributed by atoms with E-state index in [4.69, 9.17) is 4.74 Å². The minimum atomic E-state index is -4.28. The zero-order valence-electron chi connectivity index (χ0n) is 20.5. The van der Waals surface area contributed by atoms with Gasteiger partial charge in [-0.25, -0.2) is 18.5 Å². The molecule has 194 valence electrons. The normalized spacial score (nSPS) is 16.6. The molecule has 1 atom stereocenters. The smallest absolute Gasteiger partial charge is 0.303 e. The lowest BCUT2D eigenvalue weighted by atomic mass is 10.0. The fourth-order valence-corrected chi connectivity index (χ4v) is 5.51. The number of fused-ring (bicyclic) bond motifs is 1. The van der Waals surface area contributed by atoms with Crippen LogP contribution in [-0.2, 0) is 10.2 Å². The number of pyridine rings is 1. The first-order valence-corrected chi connectivity index (χ1v) is 12.9. The number of amides is 1. The molecule has 1 amide bonds. The average Bonchev–Trinajstić information content (AvgIpc) is 3.44. The lowest BCUT2D eigenvalue weighted by Crippen LogP contribution is -2.45. The minimum Gasteiger partial charge on any atom is -0.496 e. The van der Waals surface area contributed by atoms with Gasteiger partial charge in [0.1, 0.15) is 28.6 Å². The minimum absolute atomic E-state index is 0.00224. The maximum atomic E-state index is 14.1. The van der Waals surface area contributed by atoms with Gasteiger partial charge in [0.25, 0.3) is 5.91 Å². The number of hydrogen-bond donors (Lipinski definition) is 1. The molecular formula is C24H29F2N5O4S. The molecule has 0 saturated carbocycles. The number of anilines is 1. The number of rotatable bonds is 8. The van der Waals surface area contributed by atoms with E-state index in [1.807, 2.05) is 10.8 Å². The van der Waals surface area contributed by atoms with Crippen molar-refractivity contribution in [1.29, 1.82) is 0 Å². The summed E-state index contributed by atoms with van der Waals surface area (Å²) in [6.07, 6.45) is 4.63. The zero-order valence-corrected chi connectivity index (χ0v) is 21.3. The van der Waals surface area contributed by atoms with E-state index >= 15 is 0 Å². The Morgan fingerprint density at radius 3 is 2.75 bits per heavy atom. The third kappa shape index (κ3) is 5.29. The fourth-order valence-electron chi connectivity index (χ4n) is 4.53. The van der Waals surface area contributed by atoms with Crippen LogP contribution in [0, 0.1) is 5.82 Å². The molecule has 12 heteroatoms. The van der Waals surface area contributed by atoms with Gasteiger partial charge in [-0.1, -0.05) is 0 Å². The van der Waals surface area contributed by atoms with Crippen LogP contribution in [0.3, 0.4) is 0 Å². The predicted octanol–water partition coefficient (Wildman–Crippen LogP) is 3.48. The van der Waals surface area contributed by atoms with Gasteiger partial charge in [-0.05, 0) is 57.0 Å². The van der Waals surface area contributed by atoms with Crippen LogP contribution in [0.2, 0.25) is 0 Å². The number of methoxy groups -OCH3 is 1. The van der Waals surface area contributed by atoms with Gasteiger partial charge in [0.05, 0.1) is 25.0 Å². The largest absolute Gasteiger partial charge is 0.496 e. The maximum Gasteiger partial charge on any atom is 0.303 e. The number of benzene rings is 1. The molecule has 9 nitrogen and oxygen atoms in total. The zero-order chi connectivity index (χ0) is 26.3. The Kier molecular flexibility index (Phi) is 6.93. The van der Waals surface area contributed by atoms with Gasteiger partial charge >= 0.3 is 10.2 Å². The number of carbonyl (C=O) groups is 1. The Morgan fingerprint density at radius 2 is 2.06 bits per heavy atom. The number of carbonyl (C=O) groups excluding carboxylic acids is 1. The van der Waals surface area contributed by atoms with Crippen LogP contribution in [0.25, 0.3) is 5.65 Å². The molecule has 1 aromatic carbocycles. The van der Waals surface area contributed by atoms with Crippen LogP contribution >= 0.6 is 0 Å². The molecule has 0 radical (unpaired) electrons. The van der Waals surface area contributed by atoms with Crippen molar-refractivity contribution in [2.75, 3.05) is 32.1 Å². The summed E-state index contributed by atoms with van der Waals surface area (Å²) in [5.41, 5.74) is 0.147. The highest BCUT2D eigenvalue weighted by molar-refractivity contribution is 7.87. The highest BCUT2D eigenvalue weighted by atomic mass is 32.2. The van der Waals surface area contributed by atoms with Crippen LogP contribution in [0.5, 0.6) is 5.75 Å². The number of halogens is 2. The molecule has 1 saturated heterocycles. The van der Waals surface area contributed by atoms with E-state index in [2.05, 4.69) is 9.88 Å². The lowest BCUT2D eigenvalue weighted by molar-refractivity contribution is 0.0971. The summed E-state index contributed by atoms with van der Waals surface area (Å²) < 4.78 is 62.8. The molecule has 1 fully saturated rings. The van der Waals surface area contributed by atoms with Gasteiger partial charge in [0.15, 0.2) is 0 Å². The SMILES string of the molecule is COc1ccc(F)cc1[C@H]1CCCN1c1ccc2ncc(C(=O)NS(=O)(=O)N(C)CC(C)(C)F)n2c1. The van der Waals surface area contributed by atoms with Crippen LogP contribution < -0.4 is 14.4 Å². The first kappa shape index (κ1) is 25.8. The summed E-state index contributed by atoms with van der Waals surface area (Å²) in [4.78, 5) is 19.2. The van der Waals surface area contributed by atoms with E-state index < -0.39 is 28.3 Å². The predicted molar refractivity (Wildman–Crippen MR) is 132 cm³/mol. The molecular weight excluding hydrogens is 492 g/mol. The molecule has 0 spiro atoms. The summed E-state index contributed by atoms with van der Waals surface area (Å²) in [5, 5.41) is 0. The van der Waals surface area contributed by atoms with Crippen molar-refractivity contribution in [3.63, 3.8) is 0 Å². The van der Waals surface area contributed by atoms with Crippen molar-refractivity contribution < 1.29 is 26.7 Å². The second-order valence-electron chi connectivity index (χ2n) is 9.41. The number of nitrogens with one attached hydrogen (secondary N) is 1. The number of aromatic nitrogens is 2. The quantitative estimate of drug-likeness (QED) is 0.488. The van der Waals surface area contributed by atoms with Gasteiger partial charge in [0.2, 0.25) is 0 Å². The lowest BCUT2D eigenvalue weighted by Gasteiger charge is -2.28. The topological polar surface area (TPSA) is 96.2 Å². The number of alkyl halides is 1. The van der Waals surface area contributed by atoms with E-state index in [0.717, 1.165) is 28.4 Å². The average molecular weight is 522 g/mol. The Balaban J connectivity index is 1.64. The Morgan fingerprint density at radius 1 is 1.31 bits per heavy atom. The summed E-state index contributed by atoms with van der Waals surface area (Å²) in [6, 6.07) is 7.84. The van der Waals surface area contributed by atoms with Crippen LogP contribution in [0.4, 0.5) is 14.5 Å². The molecule has 1 N–H and O–H groups in total. The van der Waals surface area contributed by atoms with Crippen LogP contribution in [0.15, 0.2) is 42.7 Å². The van der Waals surface area contributed by atoms with Crippen molar-refractivity contribution >= 4 is 27.5 Å². The molecule has 3 aromatic rings. The first-order chi connectivity index (χ1) is 16.9. The third-order valence-corrected chi connectivity index (χ3v) is 7.48. The summed E-state index contributed by atoms with van der Waals surface area (Å²) in [5.74, 6) is -0.667. The first-order valence-electron chi connectivity index (χ1n) is 11.4. The molecule has 1 aliphatic heterocycles. The monoisotopic (exact) mass is 521 g/mol. The molecule has 2 aromatic heterocycles. The Bertz CT molecular complexity index is 1390. The molecule has 4 rings (SSSR count). The van der Waals surface area contributed by atoms with Gasteiger partial charge < -0.3 is 9.64 Å². The second kappa shape index (κ2) is 9.66. The number of nitrogens with zero attached hydrogens (tertiary/aromatic N) is 4. The van der Waals surface area contributed by atoms with Crippen molar-refractivity contribution in [3.05, 3.63) is 59.8 Å². The van der Waals surface area contributed by atoms with Gasteiger partial charge in [-0.15, -0.1) is 0 Å². The second-order valence-corrected chi connectivity index (χ2v) is 11.2. The third-order valence-electron chi connectivity index (χ3n) is 6.09. The summed E-state index contributed by atoms with van der Waals surface area (Å²) >= 11 is 0. The van der Waals surface area contributed by atoms with Gasteiger partial charge in [0, 0.05) is 31.9 Å². The highest BCUT2D eigenvalue weighted by Gasteiger charge is 2.31. The molecule has 0 bridgehead atoms. The highest BCUT2D eigenvalue weighted by Crippen LogP contribution is 2.40. The van der Waals surface area contributed by atoms with E-state index in [0.29, 0.717) is 17.9 Å². The number of hydrogen-bond acceptors (Lipinski definition) is 6. The standard InChI is InChI=1S/C24H29F2N5O4S/c1-24(2,26)15-29(3)36(33,34)28-23(32)20-13-27-22-10-8-17(14-31(20)22)30-11-5-6-19(30)18-12-16(25)7-9-21(18)35-4/h7-10,12-14,19H,5-6,11,15H2,1-4H3,(H,28,32)/t19-/m1/s1. The van der Waals surface area contributed by atoms with E-state index in [-0.39, 0.29) is 17.6 Å². The van der Waals surface area contributed by atoms with E-state index in [1.54, 1.807) is 25.4 Å². The van der Waals surface area contributed by atoms with Gasteiger partial charge in [-0.2, -0.15) is 12.7 Å².